The molecule has 0 unspecified atom stereocenters. The molecule has 0 aromatic heterocycles. The molecule has 2 saturated heterocycles. The first-order valence-electron chi connectivity index (χ1n) is 5.28. The summed E-state index contributed by atoms with van der Waals surface area (Å²) in [6.45, 7) is 1.71. The standard InChI is InChI=1S/C10H15F2N3/c11-10(12)7-9(14-8-10)1-4-15(5-2-9)6-3-13/h14H,1-2,4-8H2. The maximum atomic E-state index is 13.1. The van der Waals surface area contributed by atoms with Crippen LogP contribution in [-0.2, 0) is 0 Å². The van der Waals surface area contributed by atoms with Gasteiger partial charge in [-0.1, -0.05) is 0 Å². The maximum absolute atomic E-state index is 13.1. The Kier molecular flexibility index (Phi) is 2.65. The zero-order chi connectivity index (χ0) is 10.9. The number of hydrogen-bond acceptors (Lipinski definition) is 3. The number of rotatable bonds is 1. The van der Waals surface area contributed by atoms with Crippen molar-refractivity contribution in [3.63, 3.8) is 0 Å². The van der Waals surface area contributed by atoms with Crippen LogP contribution in [-0.4, -0.2) is 42.5 Å². The van der Waals surface area contributed by atoms with Gasteiger partial charge in [-0.25, -0.2) is 8.78 Å². The van der Waals surface area contributed by atoms with Crippen molar-refractivity contribution in [3.8, 4) is 6.07 Å². The molecule has 2 rings (SSSR count). The molecule has 5 heteroatoms. The van der Waals surface area contributed by atoms with Gasteiger partial charge in [-0.3, -0.25) is 4.90 Å². The summed E-state index contributed by atoms with van der Waals surface area (Å²) < 4.78 is 26.2. The quantitative estimate of drug-likeness (QED) is 0.662. The van der Waals surface area contributed by atoms with Crippen molar-refractivity contribution in [3.05, 3.63) is 0 Å². The fraction of sp³-hybridized carbons (Fsp3) is 0.900. The minimum atomic E-state index is -2.54. The van der Waals surface area contributed by atoms with Gasteiger partial charge in [0.15, 0.2) is 0 Å². The predicted molar refractivity (Wildman–Crippen MR) is 51.6 cm³/mol. The molecule has 0 aromatic carbocycles. The Hall–Kier alpha value is -0.730. The first-order valence-corrected chi connectivity index (χ1v) is 5.28. The van der Waals surface area contributed by atoms with Crippen molar-refractivity contribution in [2.75, 3.05) is 26.2 Å². The van der Waals surface area contributed by atoms with Gasteiger partial charge in [-0.05, 0) is 12.8 Å². The summed E-state index contributed by atoms with van der Waals surface area (Å²) >= 11 is 0. The normalized spacial score (nSPS) is 29.1. The lowest BCUT2D eigenvalue weighted by Crippen LogP contribution is -2.50. The van der Waals surface area contributed by atoms with Crippen LogP contribution in [0.25, 0.3) is 0 Å². The number of nitrogens with zero attached hydrogens (tertiary/aromatic N) is 2. The fourth-order valence-electron chi connectivity index (χ4n) is 2.53. The first kappa shape index (κ1) is 10.8. The molecule has 2 heterocycles. The van der Waals surface area contributed by atoms with E-state index in [0.717, 1.165) is 25.9 Å². The lowest BCUT2D eigenvalue weighted by atomic mass is 9.85. The van der Waals surface area contributed by atoms with E-state index in [-0.39, 0.29) is 18.5 Å². The van der Waals surface area contributed by atoms with E-state index >= 15 is 0 Å². The highest BCUT2D eigenvalue weighted by molar-refractivity contribution is 5.03. The van der Waals surface area contributed by atoms with Gasteiger partial charge in [0.25, 0.3) is 5.92 Å². The van der Waals surface area contributed by atoms with Gasteiger partial charge in [-0.2, -0.15) is 5.26 Å². The largest absolute Gasteiger partial charge is 0.305 e. The number of halogens is 2. The van der Waals surface area contributed by atoms with E-state index in [1.54, 1.807) is 0 Å². The van der Waals surface area contributed by atoms with Crippen LogP contribution in [0.2, 0.25) is 0 Å². The van der Waals surface area contributed by atoms with Gasteiger partial charge in [0.1, 0.15) is 0 Å². The Bertz CT molecular complexity index is 277. The average Bonchev–Trinajstić information content (AvgIpc) is 2.47. The van der Waals surface area contributed by atoms with Gasteiger partial charge in [-0.15, -0.1) is 0 Å². The van der Waals surface area contributed by atoms with Crippen molar-refractivity contribution in [1.82, 2.24) is 10.2 Å². The Labute approximate surface area is 88.0 Å². The first-order chi connectivity index (χ1) is 7.05. The maximum Gasteiger partial charge on any atom is 0.262 e. The Balaban J connectivity index is 1.91. The smallest absolute Gasteiger partial charge is 0.262 e. The molecular formula is C10H15F2N3. The third kappa shape index (κ3) is 2.27. The second kappa shape index (κ2) is 3.69. The van der Waals surface area contributed by atoms with Crippen LogP contribution in [0.15, 0.2) is 0 Å². The Morgan fingerprint density at radius 1 is 1.33 bits per heavy atom. The molecule has 2 fully saturated rings. The van der Waals surface area contributed by atoms with Gasteiger partial charge in [0, 0.05) is 25.0 Å². The second-order valence-electron chi connectivity index (χ2n) is 4.60. The number of nitrogens with one attached hydrogen (secondary N) is 1. The molecule has 0 atom stereocenters. The molecule has 0 aromatic rings. The zero-order valence-corrected chi connectivity index (χ0v) is 8.60. The molecule has 84 valence electrons. The van der Waals surface area contributed by atoms with Crippen LogP contribution in [0.5, 0.6) is 0 Å². The fourth-order valence-corrected chi connectivity index (χ4v) is 2.53. The van der Waals surface area contributed by atoms with Crippen LogP contribution in [0.1, 0.15) is 19.3 Å². The summed E-state index contributed by atoms with van der Waals surface area (Å²) in [4.78, 5) is 2.02. The number of alkyl halides is 2. The highest BCUT2D eigenvalue weighted by atomic mass is 19.3. The third-order valence-corrected chi connectivity index (χ3v) is 3.43. The van der Waals surface area contributed by atoms with Gasteiger partial charge < -0.3 is 5.32 Å². The summed E-state index contributed by atoms with van der Waals surface area (Å²) in [7, 11) is 0. The van der Waals surface area contributed by atoms with Crippen molar-refractivity contribution < 1.29 is 8.78 Å². The highest BCUT2D eigenvalue weighted by Gasteiger charge is 2.49. The zero-order valence-electron chi connectivity index (χ0n) is 8.60. The minimum Gasteiger partial charge on any atom is -0.305 e. The van der Waals surface area contributed by atoms with E-state index in [1.807, 2.05) is 4.90 Å². The molecule has 0 saturated carbocycles. The van der Waals surface area contributed by atoms with Crippen LogP contribution in [0.3, 0.4) is 0 Å². The van der Waals surface area contributed by atoms with E-state index in [4.69, 9.17) is 5.26 Å². The van der Waals surface area contributed by atoms with Gasteiger partial charge >= 0.3 is 0 Å². The molecule has 0 bridgehead atoms. The number of hydrogen-bond donors (Lipinski definition) is 1. The SMILES string of the molecule is N#CCN1CCC2(CC1)CC(F)(F)CN2. The van der Waals surface area contributed by atoms with E-state index in [2.05, 4.69) is 11.4 Å². The predicted octanol–water partition coefficient (Wildman–Crippen LogP) is 0.973. The van der Waals surface area contributed by atoms with Crippen molar-refractivity contribution >= 4 is 0 Å². The van der Waals surface area contributed by atoms with Crippen LogP contribution in [0.4, 0.5) is 8.78 Å². The lowest BCUT2D eigenvalue weighted by molar-refractivity contribution is 0.0105. The summed E-state index contributed by atoms with van der Waals surface area (Å²) in [5.41, 5.74) is -0.366. The highest BCUT2D eigenvalue weighted by Crippen LogP contribution is 2.38. The molecule has 2 aliphatic rings. The second-order valence-corrected chi connectivity index (χ2v) is 4.60. The summed E-state index contributed by atoms with van der Waals surface area (Å²) in [5.74, 6) is -2.54. The van der Waals surface area contributed by atoms with E-state index in [9.17, 15) is 8.78 Å². The summed E-state index contributed by atoms with van der Waals surface area (Å²) in [5, 5.41) is 11.5. The molecule has 2 aliphatic heterocycles. The number of likely N-dealkylation sites (tertiary alicyclic amines) is 1. The summed E-state index contributed by atoms with van der Waals surface area (Å²) in [6.07, 6.45) is 1.41. The monoisotopic (exact) mass is 215 g/mol. The van der Waals surface area contributed by atoms with Crippen LogP contribution >= 0.6 is 0 Å². The molecular weight excluding hydrogens is 200 g/mol. The molecule has 0 aliphatic carbocycles. The van der Waals surface area contributed by atoms with Gasteiger partial charge in [0.05, 0.1) is 19.2 Å². The molecule has 0 amide bonds. The molecule has 1 N–H and O–H groups in total. The molecule has 1 spiro atoms. The third-order valence-electron chi connectivity index (χ3n) is 3.43. The van der Waals surface area contributed by atoms with E-state index in [1.165, 1.54) is 0 Å². The molecule has 0 radical (unpaired) electrons. The van der Waals surface area contributed by atoms with Crippen LogP contribution < -0.4 is 5.32 Å². The average molecular weight is 215 g/mol. The minimum absolute atomic E-state index is 0.0413. The van der Waals surface area contributed by atoms with Crippen LogP contribution in [0, 0.1) is 11.3 Å². The Morgan fingerprint density at radius 2 is 2.00 bits per heavy atom. The van der Waals surface area contributed by atoms with Crippen molar-refractivity contribution in [2.45, 2.75) is 30.7 Å². The van der Waals surface area contributed by atoms with Gasteiger partial charge in [0.2, 0.25) is 0 Å². The van der Waals surface area contributed by atoms with Crippen molar-refractivity contribution in [2.24, 2.45) is 0 Å². The van der Waals surface area contributed by atoms with Crippen molar-refractivity contribution in [1.29, 1.82) is 5.26 Å². The van der Waals surface area contributed by atoms with E-state index < -0.39 is 5.92 Å². The molecule has 15 heavy (non-hydrogen) atoms. The van der Waals surface area contributed by atoms with E-state index in [0.29, 0.717) is 6.54 Å². The number of nitriles is 1. The topological polar surface area (TPSA) is 39.1 Å². The Morgan fingerprint density at radius 3 is 2.47 bits per heavy atom. The molecule has 3 nitrogen and oxygen atoms in total. The number of piperidine rings is 1. The summed E-state index contributed by atoms with van der Waals surface area (Å²) in [6, 6.07) is 2.09. The lowest BCUT2D eigenvalue weighted by Gasteiger charge is -2.38.